The van der Waals surface area contributed by atoms with Crippen molar-refractivity contribution in [1.82, 2.24) is 4.90 Å². The summed E-state index contributed by atoms with van der Waals surface area (Å²) in [6.45, 7) is 8.90. The van der Waals surface area contributed by atoms with Gasteiger partial charge in [-0.15, -0.1) is 0 Å². The van der Waals surface area contributed by atoms with Crippen molar-refractivity contribution in [3.63, 3.8) is 0 Å². The molecule has 0 radical (unpaired) electrons. The molecular weight excluding hydrogens is 343 g/mol. The molecule has 0 saturated carbocycles. The lowest BCUT2D eigenvalue weighted by atomic mass is 9.84. The van der Waals surface area contributed by atoms with Gasteiger partial charge in [-0.2, -0.15) is 5.26 Å². The number of hydrogen-bond acceptors (Lipinski definition) is 3. The molecule has 136 valence electrons. The predicted molar refractivity (Wildman–Crippen MR) is 94.6 cm³/mol. The van der Waals surface area contributed by atoms with Crippen LogP contribution >= 0.6 is 11.6 Å². The predicted octanol–water partition coefficient (Wildman–Crippen LogP) is 5.47. The highest BCUT2D eigenvalue weighted by atomic mass is 35.5. The van der Waals surface area contributed by atoms with Crippen molar-refractivity contribution in [2.45, 2.75) is 65.1 Å². The minimum absolute atomic E-state index is 0.356. The largest absolute Gasteiger partial charge is 0.444 e. The Balaban J connectivity index is 2.47. The zero-order valence-electron chi connectivity index (χ0n) is 15.3. The van der Waals surface area contributed by atoms with Crippen LogP contribution < -0.4 is 0 Å². The Morgan fingerprint density at radius 3 is 2.52 bits per heavy atom. The molecule has 1 aliphatic heterocycles. The molecule has 1 heterocycles. The number of benzene rings is 1. The van der Waals surface area contributed by atoms with E-state index in [1.54, 1.807) is 40.7 Å². The van der Waals surface area contributed by atoms with Gasteiger partial charge in [0.25, 0.3) is 0 Å². The van der Waals surface area contributed by atoms with Crippen LogP contribution in [0.15, 0.2) is 18.2 Å². The molecule has 0 N–H and O–H groups in total. The molecule has 0 bridgehead atoms. The van der Waals surface area contributed by atoms with Crippen molar-refractivity contribution in [2.24, 2.45) is 5.41 Å². The van der Waals surface area contributed by atoms with E-state index in [-0.39, 0.29) is 6.04 Å². The van der Waals surface area contributed by atoms with Gasteiger partial charge in [0.15, 0.2) is 0 Å². The van der Waals surface area contributed by atoms with Gasteiger partial charge in [-0.3, -0.25) is 4.90 Å². The fraction of sp³-hybridized carbons (Fsp3) is 0.579. The Bertz CT molecular complexity index is 706. The summed E-state index contributed by atoms with van der Waals surface area (Å²) < 4.78 is 19.9. The minimum Gasteiger partial charge on any atom is -0.444 e. The number of likely N-dealkylation sites (tertiary alicyclic amines) is 1. The topological polar surface area (TPSA) is 53.3 Å². The van der Waals surface area contributed by atoms with E-state index in [1.807, 2.05) is 0 Å². The van der Waals surface area contributed by atoms with Gasteiger partial charge in [0.2, 0.25) is 0 Å². The third-order valence-corrected chi connectivity index (χ3v) is 4.66. The summed E-state index contributed by atoms with van der Waals surface area (Å²) >= 11 is 6.03. The zero-order chi connectivity index (χ0) is 19.0. The molecule has 0 spiro atoms. The van der Waals surface area contributed by atoms with Gasteiger partial charge in [-0.1, -0.05) is 11.6 Å². The number of carbonyl (C=O) groups excluding carboxylic acids is 1. The van der Waals surface area contributed by atoms with E-state index in [9.17, 15) is 14.4 Å². The second kappa shape index (κ2) is 6.84. The van der Waals surface area contributed by atoms with Gasteiger partial charge in [0.05, 0.1) is 23.6 Å². The normalized spacial score (nSPS) is 21.1. The van der Waals surface area contributed by atoms with Gasteiger partial charge in [-0.05, 0) is 65.7 Å². The van der Waals surface area contributed by atoms with Crippen molar-refractivity contribution >= 4 is 17.7 Å². The second-order valence-corrected chi connectivity index (χ2v) is 8.43. The summed E-state index contributed by atoms with van der Waals surface area (Å²) in [5.41, 5.74) is -1.10. The van der Waals surface area contributed by atoms with E-state index in [0.717, 1.165) is 0 Å². The molecule has 4 nitrogen and oxygen atoms in total. The molecule has 6 heteroatoms. The smallest absolute Gasteiger partial charge is 0.411 e. The average molecular weight is 367 g/mol. The van der Waals surface area contributed by atoms with Crippen LogP contribution in [0.3, 0.4) is 0 Å². The second-order valence-electron chi connectivity index (χ2n) is 8.00. The van der Waals surface area contributed by atoms with Crippen molar-refractivity contribution in [3.8, 4) is 6.07 Å². The SMILES string of the molecule is CC(C)(C)OC(=O)N1[C@H](c2cc(Cl)ccc2F)CC[C@@H]1C(C)(C)C#N. The first-order chi connectivity index (χ1) is 11.5. The van der Waals surface area contributed by atoms with Crippen LogP contribution in [-0.2, 0) is 4.74 Å². The summed E-state index contributed by atoms with van der Waals surface area (Å²) in [6, 6.07) is 5.70. The van der Waals surface area contributed by atoms with Gasteiger partial charge >= 0.3 is 6.09 Å². The molecule has 0 aliphatic carbocycles. The Labute approximate surface area is 153 Å². The quantitative estimate of drug-likeness (QED) is 0.697. The van der Waals surface area contributed by atoms with Crippen LogP contribution in [0.1, 0.15) is 59.1 Å². The standard InChI is InChI=1S/C19H24ClFN2O2/c1-18(2,3)25-17(24)23-15(8-9-16(23)19(4,5)11-22)13-10-12(20)6-7-14(13)21/h6-7,10,15-16H,8-9H2,1-5H3/t15-,16+/m0/s1. The number of amides is 1. The third-order valence-electron chi connectivity index (χ3n) is 4.43. The van der Waals surface area contributed by atoms with Gasteiger partial charge < -0.3 is 4.74 Å². The van der Waals surface area contributed by atoms with Gasteiger partial charge in [0, 0.05) is 10.6 Å². The van der Waals surface area contributed by atoms with Crippen LogP contribution in [0.5, 0.6) is 0 Å². The Morgan fingerprint density at radius 1 is 1.32 bits per heavy atom. The summed E-state index contributed by atoms with van der Waals surface area (Å²) in [6.07, 6.45) is 0.602. The first kappa shape index (κ1) is 19.5. The van der Waals surface area contributed by atoms with Crippen molar-refractivity contribution in [3.05, 3.63) is 34.6 Å². The van der Waals surface area contributed by atoms with Crippen molar-refractivity contribution in [2.75, 3.05) is 0 Å². The molecule has 2 atom stereocenters. The Kier molecular flexibility index (Phi) is 5.34. The number of halogens is 2. The van der Waals surface area contributed by atoms with Crippen LogP contribution in [0, 0.1) is 22.6 Å². The highest BCUT2D eigenvalue weighted by Crippen LogP contribution is 2.44. The highest BCUT2D eigenvalue weighted by Gasteiger charge is 2.47. The van der Waals surface area contributed by atoms with Gasteiger partial charge in [-0.25, -0.2) is 9.18 Å². The van der Waals surface area contributed by atoms with Crippen LogP contribution in [-0.4, -0.2) is 22.6 Å². The van der Waals surface area contributed by atoms with Crippen LogP contribution in [0.2, 0.25) is 5.02 Å². The number of hydrogen-bond donors (Lipinski definition) is 0. The molecule has 0 unspecified atom stereocenters. The fourth-order valence-corrected chi connectivity index (χ4v) is 3.42. The zero-order valence-corrected chi connectivity index (χ0v) is 16.0. The Morgan fingerprint density at radius 2 is 1.96 bits per heavy atom. The van der Waals surface area contributed by atoms with Gasteiger partial charge in [0.1, 0.15) is 11.4 Å². The van der Waals surface area contributed by atoms with E-state index in [1.165, 1.54) is 17.0 Å². The van der Waals surface area contributed by atoms with E-state index in [4.69, 9.17) is 16.3 Å². The minimum atomic E-state index is -0.777. The number of rotatable bonds is 2. The maximum Gasteiger partial charge on any atom is 0.411 e. The molecule has 0 aromatic heterocycles. The van der Waals surface area contributed by atoms with Crippen molar-refractivity contribution in [1.29, 1.82) is 5.26 Å². The molecular formula is C19H24ClFN2O2. The van der Waals surface area contributed by atoms with E-state index in [0.29, 0.717) is 23.4 Å². The lowest BCUT2D eigenvalue weighted by Gasteiger charge is -2.37. The highest BCUT2D eigenvalue weighted by molar-refractivity contribution is 6.30. The third kappa shape index (κ3) is 4.24. The molecule has 1 fully saturated rings. The first-order valence-corrected chi connectivity index (χ1v) is 8.71. The fourth-order valence-electron chi connectivity index (χ4n) is 3.24. The molecule has 1 saturated heterocycles. The number of carbonyl (C=O) groups is 1. The molecule has 1 aromatic carbocycles. The summed E-state index contributed by atoms with van der Waals surface area (Å²) in [7, 11) is 0. The maximum absolute atomic E-state index is 14.4. The first-order valence-electron chi connectivity index (χ1n) is 8.34. The number of nitriles is 1. The van der Waals surface area contributed by atoms with E-state index < -0.39 is 29.0 Å². The molecule has 25 heavy (non-hydrogen) atoms. The Hall–Kier alpha value is -1.80. The molecule has 1 aromatic rings. The lowest BCUT2D eigenvalue weighted by Crippen LogP contribution is -2.47. The average Bonchev–Trinajstić information content (AvgIpc) is 2.93. The summed E-state index contributed by atoms with van der Waals surface area (Å²) in [5.74, 6) is -0.418. The van der Waals surface area contributed by atoms with Crippen LogP contribution in [0.25, 0.3) is 0 Å². The number of nitrogens with zero attached hydrogens (tertiary/aromatic N) is 2. The summed E-state index contributed by atoms with van der Waals surface area (Å²) in [5, 5.41) is 9.92. The summed E-state index contributed by atoms with van der Waals surface area (Å²) in [4.78, 5) is 14.4. The molecule has 1 aliphatic rings. The monoisotopic (exact) mass is 366 g/mol. The lowest BCUT2D eigenvalue weighted by molar-refractivity contribution is 0.00558. The van der Waals surface area contributed by atoms with Crippen molar-refractivity contribution < 1.29 is 13.9 Å². The molecule has 2 rings (SSSR count). The van der Waals surface area contributed by atoms with E-state index in [2.05, 4.69) is 6.07 Å². The number of ether oxygens (including phenoxy) is 1. The van der Waals surface area contributed by atoms with E-state index >= 15 is 0 Å². The molecule has 1 amide bonds. The van der Waals surface area contributed by atoms with Crippen LogP contribution in [0.4, 0.5) is 9.18 Å². The maximum atomic E-state index is 14.4.